The van der Waals surface area contributed by atoms with Crippen LogP contribution in [-0.2, 0) is 9.53 Å². The molecule has 0 aliphatic carbocycles. The maximum atomic E-state index is 11.5. The molecule has 96 valence electrons. The van der Waals surface area contributed by atoms with Gasteiger partial charge in [-0.05, 0) is 12.1 Å². The Balaban J connectivity index is 2.39. The van der Waals surface area contributed by atoms with Crippen LogP contribution in [0.5, 0.6) is 0 Å². The number of carbonyl (C=O) groups is 1. The number of morpholine rings is 1. The number of benzene rings is 1. The van der Waals surface area contributed by atoms with Crippen molar-refractivity contribution in [1.29, 1.82) is 0 Å². The highest BCUT2D eigenvalue weighted by atomic mass is 32.1. The second kappa shape index (κ2) is 5.32. The highest BCUT2D eigenvalue weighted by Gasteiger charge is 2.29. The summed E-state index contributed by atoms with van der Waals surface area (Å²) in [7, 11) is 0. The minimum atomic E-state index is -0.478. The summed E-state index contributed by atoms with van der Waals surface area (Å²) in [5.41, 5.74) is 12.7. The van der Waals surface area contributed by atoms with Gasteiger partial charge in [-0.3, -0.25) is 4.79 Å². The van der Waals surface area contributed by atoms with E-state index < -0.39 is 11.9 Å². The molecule has 0 bridgehead atoms. The van der Waals surface area contributed by atoms with E-state index in [9.17, 15) is 4.79 Å². The molecule has 1 heterocycles. The van der Waals surface area contributed by atoms with E-state index in [2.05, 4.69) is 0 Å². The zero-order valence-electron chi connectivity index (χ0n) is 9.83. The van der Waals surface area contributed by atoms with Crippen LogP contribution in [0.25, 0.3) is 0 Å². The third kappa shape index (κ3) is 2.44. The number of ether oxygens (including phenoxy) is 1. The molecule has 1 amide bonds. The zero-order chi connectivity index (χ0) is 13.1. The maximum absolute atomic E-state index is 11.5. The summed E-state index contributed by atoms with van der Waals surface area (Å²) in [5, 5.41) is 0. The van der Waals surface area contributed by atoms with Gasteiger partial charge in [-0.15, -0.1) is 0 Å². The van der Waals surface area contributed by atoms with Gasteiger partial charge in [0.15, 0.2) is 0 Å². The topological polar surface area (TPSA) is 81.6 Å². The van der Waals surface area contributed by atoms with E-state index >= 15 is 0 Å². The number of primary amides is 1. The summed E-state index contributed by atoms with van der Waals surface area (Å²) in [6.07, 6.45) is 0. The van der Waals surface area contributed by atoms with Gasteiger partial charge in [-0.1, -0.05) is 24.4 Å². The zero-order valence-corrected chi connectivity index (χ0v) is 10.7. The molecule has 0 aromatic heterocycles. The Morgan fingerprint density at radius 2 is 2.11 bits per heavy atom. The first-order valence-corrected chi connectivity index (χ1v) is 6.04. The Labute approximate surface area is 111 Å². The molecule has 1 saturated heterocycles. The second-order valence-electron chi connectivity index (χ2n) is 4.07. The SMILES string of the molecule is NC(=O)C1COCCN1c1ccccc1C(N)=S. The highest BCUT2D eigenvalue weighted by Crippen LogP contribution is 2.24. The molecule has 1 fully saturated rings. The lowest BCUT2D eigenvalue weighted by molar-refractivity contribution is -0.121. The third-order valence-corrected chi connectivity index (χ3v) is 3.16. The first-order valence-electron chi connectivity index (χ1n) is 5.64. The molecule has 0 spiro atoms. The molecule has 1 aliphatic heterocycles. The van der Waals surface area contributed by atoms with Gasteiger partial charge < -0.3 is 21.1 Å². The lowest BCUT2D eigenvalue weighted by Crippen LogP contribution is -2.53. The van der Waals surface area contributed by atoms with Crippen molar-refractivity contribution in [3.8, 4) is 0 Å². The number of carbonyl (C=O) groups excluding carboxylic acids is 1. The largest absolute Gasteiger partial charge is 0.389 e. The maximum Gasteiger partial charge on any atom is 0.242 e. The molecular formula is C12H15N3O2S. The van der Waals surface area contributed by atoms with Crippen LogP contribution in [0.1, 0.15) is 5.56 Å². The van der Waals surface area contributed by atoms with Crippen LogP contribution in [-0.4, -0.2) is 36.7 Å². The standard InChI is InChI=1S/C12H15N3O2S/c13-11(16)10-7-17-6-5-15(10)9-4-2-1-3-8(9)12(14)18/h1-4,10H,5-7H2,(H2,13,16)(H2,14,18). The number of rotatable bonds is 3. The van der Waals surface area contributed by atoms with Gasteiger partial charge in [0.25, 0.3) is 0 Å². The average Bonchev–Trinajstić information content (AvgIpc) is 2.38. The Hall–Kier alpha value is -1.66. The number of thiocarbonyl (C=S) groups is 1. The number of hydrogen-bond acceptors (Lipinski definition) is 4. The summed E-state index contributed by atoms with van der Waals surface area (Å²) < 4.78 is 5.29. The fourth-order valence-electron chi connectivity index (χ4n) is 2.06. The van der Waals surface area contributed by atoms with Crippen molar-refractivity contribution < 1.29 is 9.53 Å². The molecule has 1 aromatic rings. The average molecular weight is 265 g/mol. The van der Waals surface area contributed by atoms with E-state index in [-0.39, 0.29) is 0 Å². The van der Waals surface area contributed by atoms with E-state index in [0.717, 1.165) is 11.3 Å². The van der Waals surface area contributed by atoms with Crippen molar-refractivity contribution in [3.05, 3.63) is 29.8 Å². The van der Waals surface area contributed by atoms with E-state index in [4.69, 9.17) is 28.4 Å². The number of amides is 1. The molecule has 6 heteroatoms. The molecule has 18 heavy (non-hydrogen) atoms. The van der Waals surface area contributed by atoms with Crippen LogP contribution < -0.4 is 16.4 Å². The number of para-hydroxylation sites is 1. The molecular weight excluding hydrogens is 250 g/mol. The fraction of sp³-hybridized carbons (Fsp3) is 0.333. The minimum absolute atomic E-state index is 0.293. The van der Waals surface area contributed by atoms with E-state index in [0.29, 0.717) is 24.7 Å². The number of hydrogen-bond donors (Lipinski definition) is 2. The predicted molar refractivity (Wildman–Crippen MR) is 73.5 cm³/mol. The van der Waals surface area contributed by atoms with Crippen molar-refractivity contribution >= 4 is 28.8 Å². The van der Waals surface area contributed by atoms with Crippen LogP contribution in [0.15, 0.2) is 24.3 Å². The summed E-state index contributed by atoms with van der Waals surface area (Å²) in [4.78, 5) is 13.7. The second-order valence-corrected chi connectivity index (χ2v) is 4.51. The van der Waals surface area contributed by atoms with Crippen LogP contribution in [0.2, 0.25) is 0 Å². The molecule has 1 atom stereocenters. The predicted octanol–water partition coefficient (Wildman–Crippen LogP) is 0.0113. The van der Waals surface area contributed by atoms with Gasteiger partial charge in [0, 0.05) is 17.8 Å². The first-order chi connectivity index (χ1) is 8.61. The smallest absolute Gasteiger partial charge is 0.242 e. The Bertz CT molecular complexity index is 478. The van der Waals surface area contributed by atoms with Crippen molar-refractivity contribution in [2.45, 2.75) is 6.04 Å². The van der Waals surface area contributed by atoms with Crippen LogP contribution >= 0.6 is 12.2 Å². The van der Waals surface area contributed by atoms with Gasteiger partial charge in [-0.2, -0.15) is 0 Å². The van der Waals surface area contributed by atoms with Gasteiger partial charge in [0.1, 0.15) is 11.0 Å². The number of nitrogens with two attached hydrogens (primary N) is 2. The molecule has 5 nitrogen and oxygen atoms in total. The van der Waals surface area contributed by atoms with Crippen molar-refractivity contribution in [3.63, 3.8) is 0 Å². The van der Waals surface area contributed by atoms with Crippen LogP contribution in [0.4, 0.5) is 5.69 Å². The van der Waals surface area contributed by atoms with Crippen molar-refractivity contribution in [2.75, 3.05) is 24.7 Å². The van der Waals surface area contributed by atoms with Gasteiger partial charge >= 0.3 is 0 Å². The molecule has 4 N–H and O–H groups in total. The number of nitrogens with zero attached hydrogens (tertiary/aromatic N) is 1. The van der Waals surface area contributed by atoms with E-state index in [1.54, 1.807) is 0 Å². The summed E-state index contributed by atoms with van der Waals surface area (Å²) in [6, 6.07) is 6.98. The third-order valence-electron chi connectivity index (χ3n) is 2.94. The molecule has 0 radical (unpaired) electrons. The normalized spacial score (nSPS) is 19.6. The van der Waals surface area contributed by atoms with Crippen LogP contribution in [0.3, 0.4) is 0 Å². The summed E-state index contributed by atoms with van der Waals surface area (Å²) in [6.45, 7) is 1.43. The van der Waals surface area contributed by atoms with E-state index in [1.165, 1.54) is 0 Å². The van der Waals surface area contributed by atoms with Crippen molar-refractivity contribution in [1.82, 2.24) is 0 Å². The molecule has 1 unspecified atom stereocenters. The monoisotopic (exact) mass is 265 g/mol. The Kier molecular flexibility index (Phi) is 3.78. The van der Waals surface area contributed by atoms with Gasteiger partial charge in [-0.25, -0.2) is 0 Å². The van der Waals surface area contributed by atoms with Gasteiger partial charge in [0.05, 0.1) is 13.2 Å². The summed E-state index contributed by atoms with van der Waals surface area (Å²) >= 11 is 5.03. The highest BCUT2D eigenvalue weighted by molar-refractivity contribution is 7.80. The summed E-state index contributed by atoms with van der Waals surface area (Å²) in [5.74, 6) is -0.410. The minimum Gasteiger partial charge on any atom is -0.389 e. The Morgan fingerprint density at radius 3 is 2.78 bits per heavy atom. The lowest BCUT2D eigenvalue weighted by atomic mass is 10.1. The van der Waals surface area contributed by atoms with Crippen molar-refractivity contribution in [2.24, 2.45) is 11.5 Å². The lowest BCUT2D eigenvalue weighted by Gasteiger charge is -2.36. The molecule has 1 aliphatic rings. The molecule has 2 rings (SSSR count). The number of anilines is 1. The Morgan fingerprint density at radius 1 is 1.39 bits per heavy atom. The quantitative estimate of drug-likeness (QED) is 0.753. The van der Waals surface area contributed by atoms with E-state index in [1.807, 2.05) is 29.2 Å². The molecule has 1 aromatic carbocycles. The first kappa shape index (κ1) is 12.8. The van der Waals surface area contributed by atoms with Crippen LogP contribution in [0, 0.1) is 0 Å². The molecule has 0 saturated carbocycles. The van der Waals surface area contributed by atoms with Gasteiger partial charge in [0.2, 0.25) is 5.91 Å². The fourth-order valence-corrected chi connectivity index (χ4v) is 2.23.